The molecule has 7 nitrogen and oxygen atoms in total. The van der Waals surface area contributed by atoms with Gasteiger partial charge in [-0.2, -0.15) is 0 Å². The number of thiophene rings is 1. The Balaban J connectivity index is 1.68. The van der Waals surface area contributed by atoms with E-state index in [9.17, 15) is 19.4 Å². The molecule has 0 saturated heterocycles. The van der Waals surface area contributed by atoms with Crippen molar-refractivity contribution in [3.63, 3.8) is 0 Å². The summed E-state index contributed by atoms with van der Waals surface area (Å²) in [5.74, 6) is -0.335. The largest absolute Gasteiger partial charge is 0.397 e. The lowest BCUT2D eigenvalue weighted by Crippen LogP contribution is -2.20. The van der Waals surface area contributed by atoms with Crippen molar-refractivity contribution in [2.24, 2.45) is 0 Å². The summed E-state index contributed by atoms with van der Waals surface area (Å²) >= 11 is 1.60. The van der Waals surface area contributed by atoms with Crippen LogP contribution in [0.3, 0.4) is 0 Å². The fourth-order valence-corrected chi connectivity index (χ4v) is 4.94. The minimum atomic E-state index is -3.95. The van der Waals surface area contributed by atoms with Gasteiger partial charge < -0.3 is 25.6 Å². The number of amides is 1. The van der Waals surface area contributed by atoms with E-state index >= 15 is 0 Å². The Hall–Kier alpha value is -2.48. The van der Waals surface area contributed by atoms with E-state index in [-0.39, 0.29) is 18.9 Å². The highest BCUT2D eigenvalue weighted by molar-refractivity contribution is 7.53. The van der Waals surface area contributed by atoms with E-state index in [2.05, 4.69) is 5.32 Å². The zero-order valence-electron chi connectivity index (χ0n) is 18.8. The SMILES string of the molecule is CC(c1ccc(C(=O)Nc2cc(-c3cccs3)ccc2N)cc1)P(=O)(O)OCCC(C)(C)O. The van der Waals surface area contributed by atoms with Crippen molar-refractivity contribution in [3.05, 3.63) is 71.1 Å². The molecule has 0 fully saturated rings. The first-order valence-electron chi connectivity index (χ1n) is 10.5. The minimum Gasteiger partial charge on any atom is -0.397 e. The summed E-state index contributed by atoms with van der Waals surface area (Å²) < 4.78 is 17.8. The second kappa shape index (κ2) is 10.2. The van der Waals surface area contributed by atoms with Gasteiger partial charge in [0.05, 0.1) is 29.2 Å². The van der Waals surface area contributed by atoms with Crippen LogP contribution in [0, 0.1) is 0 Å². The van der Waals surface area contributed by atoms with Crippen LogP contribution in [0.2, 0.25) is 0 Å². The molecule has 0 aliphatic rings. The lowest BCUT2D eigenvalue weighted by Gasteiger charge is -2.22. The van der Waals surface area contributed by atoms with Gasteiger partial charge in [-0.25, -0.2) is 0 Å². The molecule has 9 heteroatoms. The molecule has 0 saturated carbocycles. The molecular weight excluding hydrogens is 459 g/mol. The molecule has 3 rings (SSSR count). The Bertz CT molecular complexity index is 1140. The molecule has 2 unspecified atom stereocenters. The number of nitrogens with one attached hydrogen (secondary N) is 1. The van der Waals surface area contributed by atoms with Gasteiger partial charge in [0, 0.05) is 10.4 Å². The van der Waals surface area contributed by atoms with Gasteiger partial charge in [-0.15, -0.1) is 11.3 Å². The molecular formula is C24H29N2O5PS. The summed E-state index contributed by atoms with van der Waals surface area (Å²) in [6, 6.07) is 15.9. The van der Waals surface area contributed by atoms with Crippen molar-refractivity contribution < 1.29 is 23.9 Å². The predicted molar refractivity (Wildman–Crippen MR) is 134 cm³/mol. The zero-order valence-corrected chi connectivity index (χ0v) is 20.5. The van der Waals surface area contributed by atoms with Crippen LogP contribution in [0.1, 0.15) is 48.8 Å². The molecule has 0 radical (unpaired) electrons. The Labute approximate surface area is 197 Å². The molecule has 0 aliphatic carbocycles. The molecule has 33 heavy (non-hydrogen) atoms. The first kappa shape index (κ1) is 25.1. The molecule has 1 aromatic heterocycles. The third-order valence-electron chi connectivity index (χ3n) is 5.24. The predicted octanol–water partition coefficient (Wildman–Crippen LogP) is 5.67. The van der Waals surface area contributed by atoms with E-state index in [1.165, 1.54) is 0 Å². The molecule has 5 N–H and O–H groups in total. The normalized spacial score (nSPS) is 14.5. The summed E-state index contributed by atoms with van der Waals surface area (Å²) in [5, 5.41) is 14.6. The standard InChI is InChI=1S/C24H29N2O5PS/c1-16(32(29,30)31-13-12-24(2,3)28)17-6-8-18(9-7-17)23(27)26-21-15-19(10-11-20(21)25)22-5-4-14-33-22/h4-11,14-16,28H,12-13,25H2,1-3H3,(H,26,27)(H,29,30). The van der Waals surface area contributed by atoms with Crippen LogP contribution in [-0.2, 0) is 9.09 Å². The monoisotopic (exact) mass is 488 g/mol. The van der Waals surface area contributed by atoms with E-state index in [4.69, 9.17) is 10.3 Å². The highest BCUT2D eigenvalue weighted by Crippen LogP contribution is 2.56. The van der Waals surface area contributed by atoms with Gasteiger partial charge in [-0.05, 0) is 74.0 Å². The second-order valence-electron chi connectivity index (χ2n) is 8.49. The van der Waals surface area contributed by atoms with Gasteiger partial charge >= 0.3 is 7.60 Å². The van der Waals surface area contributed by atoms with Crippen molar-refractivity contribution in [2.75, 3.05) is 17.7 Å². The first-order valence-corrected chi connectivity index (χ1v) is 13.0. The van der Waals surface area contributed by atoms with Crippen LogP contribution >= 0.6 is 18.9 Å². The average Bonchev–Trinajstić information content (AvgIpc) is 3.28. The Morgan fingerprint density at radius 2 is 1.91 bits per heavy atom. The van der Waals surface area contributed by atoms with Crippen molar-refractivity contribution >= 4 is 36.2 Å². The van der Waals surface area contributed by atoms with E-state index in [0.717, 1.165) is 10.4 Å². The maximum atomic E-state index is 12.8. The van der Waals surface area contributed by atoms with E-state index in [0.29, 0.717) is 22.5 Å². The number of carbonyl (C=O) groups is 1. The summed E-state index contributed by atoms with van der Waals surface area (Å²) in [6.07, 6.45) is 0.236. The second-order valence-corrected chi connectivity index (χ2v) is 11.6. The van der Waals surface area contributed by atoms with Crippen molar-refractivity contribution in [1.82, 2.24) is 0 Å². The molecule has 2 atom stereocenters. The number of rotatable bonds is 9. The number of hydrogen-bond acceptors (Lipinski definition) is 6. The number of aliphatic hydroxyl groups is 1. The summed E-state index contributed by atoms with van der Waals surface area (Å²) in [7, 11) is -3.95. The molecule has 1 amide bonds. The van der Waals surface area contributed by atoms with Gasteiger partial charge in [-0.1, -0.05) is 24.3 Å². The fraction of sp³-hybridized carbons (Fsp3) is 0.292. The molecule has 1 heterocycles. The molecule has 2 aromatic carbocycles. The highest BCUT2D eigenvalue weighted by atomic mass is 32.1. The Morgan fingerprint density at radius 1 is 1.21 bits per heavy atom. The van der Waals surface area contributed by atoms with Crippen molar-refractivity contribution in [3.8, 4) is 10.4 Å². The van der Waals surface area contributed by atoms with Crippen molar-refractivity contribution in [1.29, 1.82) is 0 Å². The summed E-state index contributed by atoms with van der Waals surface area (Å²) in [6.45, 7) is 4.78. The molecule has 176 valence electrons. The fourth-order valence-electron chi connectivity index (χ4n) is 3.09. The third kappa shape index (κ3) is 6.76. The zero-order chi connectivity index (χ0) is 24.2. The van der Waals surface area contributed by atoms with Crippen LogP contribution in [0.4, 0.5) is 11.4 Å². The summed E-state index contributed by atoms with van der Waals surface area (Å²) in [5.41, 5.74) is 7.18. The van der Waals surface area contributed by atoms with Gasteiger partial charge in [0.25, 0.3) is 5.91 Å². The number of hydrogen-bond donors (Lipinski definition) is 4. The first-order chi connectivity index (χ1) is 15.5. The van der Waals surface area contributed by atoms with Gasteiger partial charge in [0.15, 0.2) is 0 Å². The molecule has 0 spiro atoms. The summed E-state index contributed by atoms with van der Waals surface area (Å²) in [4.78, 5) is 24.1. The average molecular weight is 489 g/mol. The molecule has 3 aromatic rings. The number of nitrogen functional groups attached to an aromatic ring is 1. The number of nitrogens with two attached hydrogens (primary N) is 1. The molecule has 0 bridgehead atoms. The lowest BCUT2D eigenvalue weighted by molar-refractivity contribution is 0.0534. The number of anilines is 2. The third-order valence-corrected chi connectivity index (χ3v) is 7.99. The van der Waals surface area contributed by atoms with Gasteiger partial charge in [0.2, 0.25) is 0 Å². The maximum absolute atomic E-state index is 12.8. The minimum absolute atomic E-state index is 0.0337. The van der Waals surface area contributed by atoms with Crippen molar-refractivity contribution in [2.45, 2.75) is 38.5 Å². The van der Waals surface area contributed by atoms with Gasteiger partial charge in [0.1, 0.15) is 0 Å². The number of carbonyl (C=O) groups excluding carboxylic acids is 1. The van der Waals surface area contributed by atoms with Crippen LogP contribution in [0.15, 0.2) is 60.0 Å². The number of benzene rings is 2. The van der Waals surface area contributed by atoms with Gasteiger partial charge in [-0.3, -0.25) is 9.36 Å². The lowest BCUT2D eigenvalue weighted by atomic mass is 10.1. The van der Waals surface area contributed by atoms with Crippen LogP contribution in [0.5, 0.6) is 0 Å². The molecule has 0 aliphatic heterocycles. The Morgan fingerprint density at radius 3 is 2.52 bits per heavy atom. The quantitative estimate of drug-likeness (QED) is 0.227. The maximum Gasteiger partial charge on any atom is 0.335 e. The van der Waals surface area contributed by atoms with Crippen LogP contribution < -0.4 is 11.1 Å². The van der Waals surface area contributed by atoms with E-state index < -0.39 is 18.9 Å². The van der Waals surface area contributed by atoms with Crippen LogP contribution in [0.25, 0.3) is 10.4 Å². The highest BCUT2D eigenvalue weighted by Gasteiger charge is 2.30. The van der Waals surface area contributed by atoms with E-state index in [1.807, 2.05) is 29.6 Å². The topological polar surface area (TPSA) is 122 Å². The van der Waals surface area contributed by atoms with Crippen LogP contribution in [-0.4, -0.2) is 28.1 Å². The smallest absolute Gasteiger partial charge is 0.335 e. The van der Waals surface area contributed by atoms with E-state index in [1.54, 1.807) is 62.4 Å². The Kier molecular flexibility index (Phi) is 7.77.